The molecule has 1 heterocycles. The standard InChI is InChI=1S/C18H15NO3.CH5N3.ClH/c1-11-14-10-13(17(20)12-6-4-3-5-7-12)8-9-15(14)19(2)16(11)18(21)22;2-1(3)4;/h3-10H,1-2H3,(H,21,22);(H5,2,3,4);1H. The Morgan fingerprint density at radius 2 is 1.59 bits per heavy atom. The number of guanidine groups is 1. The van der Waals surface area contributed by atoms with Crippen molar-refractivity contribution in [1.82, 2.24) is 4.57 Å². The van der Waals surface area contributed by atoms with Crippen LogP contribution < -0.4 is 11.5 Å². The molecule has 142 valence electrons. The molecule has 0 fully saturated rings. The fourth-order valence-corrected chi connectivity index (χ4v) is 2.83. The van der Waals surface area contributed by atoms with Crippen LogP contribution in [0.4, 0.5) is 0 Å². The van der Waals surface area contributed by atoms with E-state index in [1.54, 1.807) is 48.9 Å². The minimum atomic E-state index is -0.966. The second-order valence-corrected chi connectivity index (χ2v) is 5.72. The number of nitrogens with two attached hydrogens (primary N) is 2. The zero-order chi connectivity index (χ0) is 19.4. The lowest BCUT2D eigenvalue weighted by Gasteiger charge is -2.03. The number of rotatable bonds is 3. The maximum atomic E-state index is 12.5. The van der Waals surface area contributed by atoms with Crippen LogP contribution in [0.15, 0.2) is 48.5 Å². The minimum Gasteiger partial charge on any atom is -0.477 e. The van der Waals surface area contributed by atoms with E-state index < -0.39 is 5.97 Å². The summed E-state index contributed by atoms with van der Waals surface area (Å²) >= 11 is 0. The van der Waals surface area contributed by atoms with E-state index in [1.807, 2.05) is 18.2 Å². The van der Waals surface area contributed by atoms with Crippen molar-refractivity contribution in [3.8, 4) is 0 Å². The third kappa shape index (κ3) is 4.65. The summed E-state index contributed by atoms with van der Waals surface area (Å²) in [7, 11) is 1.72. The fraction of sp³-hybridized carbons (Fsp3) is 0.105. The van der Waals surface area contributed by atoms with E-state index in [2.05, 4.69) is 11.5 Å². The van der Waals surface area contributed by atoms with Gasteiger partial charge in [0.15, 0.2) is 11.7 Å². The molecule has 0 aliphatic heterocycles. The number of halogens is 1. The number of nitrogens with zero attached hydrogens (tertiary/aromatic N) is 1. The minimum absolute atomic E-state index is 0. The second-order valence-electron chi connectivity index (χ2n) is 5.72. The van der Waals surface area contributed by atoms with Crippen molar-refractivity contribution in [1.29, 1.82) is 5.41 Å². The first-order valence-electron chi connectivity index (χ1n) is 7.75. The van der Waals surface area contributed by atoms with Crippen molar-refractivity contribution in [2.75, 3.05) is 0 Å². The number of aromatic nitrogens is 1. The van der Waals surface area contributed by atoms with Gasteiger partial charge < -0.3 is 21.1 Å². The highest BCUT2D eigenvalue weighted by atomic mass is 35.5. The molecular formula is C19H21ClN4O3. The van der Waals surface area contributed by atoms with Crippen LogP contribution in [0.25, 0.3) is 10.9 Å². The Kier molecular flexibility index (Phi) is 7.13. The largest absolute Gasteiger partial charge is 0.477 e. The molecule has 0 aliphatic rings. The van der Waals surface area contributed by atoms with E-state index in [9.17, 15) is 14.7 Å². The summed E-state index contributed by atoms with van der Waals surface area (Å²) in [5, 5.41) is 16.2. The normalized spacial score (nSPS) is 9.70. The molecule has 2 aromatic carbocycles. The highest BCUT2D eigenvalue weighted by molar-refractivity contribution is 6.11. The van der Waals surface area contributed by atoms with E-state index in [1.165, 1.54) is 0 Å². The molecule has 0 aliphatic carbocycles. The van der Waals surface area contributed by atoms with Gasteiger partial charge in [0, 0.05) is 29.1 Å². The maximum Gasteiger partial charge on any atom is 0.352 e. The lowest BCUT2D eigenvalue weighted by Crippen LogP contribution is -2.20. The summed E-state index contributed by atoms with van der Waals surface area (Å²) in [5.74, 6) is -1.37. The molecule has 6 N–H and O–H groups in total. The summed E-state index contributed by atoms with van der Waals surface area (Å²) in [6, 6.07) is 14.4. The lowest BCUT2D eigenvalue weighted by molar-refractivity contribution is 0.0686. The predicted molar refractivity (Wildman–Crippen MR) is 108 cm³/mol. The number of carboxylic acids is 1. The zero-order valence-electron chi connectivity index (χ0n) is 14.9. The Morgan fingerprint density at radius 1 is 1.04 bits per heavy atom. The first kappa shape index (κ1) is 21.7. The van der Waals surface area contributed by atoms with Gasteiger partial charge in [-0.25, -0.2) is 4.79 Å². The van der Waals surface area contributed by atoms with Crippen LogP contribution in [0.2, 0.25) is 0 Å². The monoisotopic (exact) mass is 388 g/mol. The highest BCUT2D eigenvalue weighted by Gasteiger charge is 2.19. The van der Waals surface area contributed by atoms with E-state index in [0.717, 1.165) is 10.9 Å². The number of carbonyl (C=O) groups is 2. The molecule has 0 bridgehead atoms. The number of ketones is 1. The Labute approximate surface area is 162 Å². The molecule has 0 amide bonds. The van der Waals surface area contributed by atoms with Gasteiger partial charge in [0.2, 0.25) is 0 Å². The van der Waals surface area contributed by atoms with Crippen LogP contribution in [0, 0.1) is 12.3 Å². The molecule has 0 saturated carbocycles. The van der Waals surface area contributed by atoms with Gasteiger partial charge in [0.05, 0.1) is 0 Å². The number of benzene rings is 2. The molecule has 0 saturated heterocycles. The van der Waals surface area contributed by atoms with E-state index in [4.69, 9.17) is 5.41 Å². The van der Waals surface area contributed by atoms with E-state index >= 15 is 0 Å². The third-order valence-corrected chi connectivity index (χ3v) is 3.95. The van der Waals surface area contributed by atoms with Crippen LogP contribution in [-0.2, 0) is 7.05 Å². The van der Waals surface area contributed by atoms with Gasteiger partial charge >= 0.3 is 5.97 Å². The van der Waals surface area contributed by atoms with Crippen LogP contribution >= 0.6 is 12.4 Å². The Hall–Kier alpha value is -3.32. The van der Waals surface area contributed by atoms with Gasteiger partial charge in [-0.2, -0.15) is 0 Å². The first-order chi connectivity index (χ1) is 12.2. The molecule has 1 aromatic heterocycles. The Bertz CT molecular complexity index is 993. The number of fused-ring (bicyclic) bond motifs is 1. The summed E-state index contributed by atoms with van der Waals surface area (Å²) in [6.45, 7) is 1.77. The average Bonchev–Trinajstić information content (AvgIpc) is 2.85. The molecule has 3 aromatic rings. The van der Waals surface area contributed by atoms with Gasteiger partial charge in [-0.15, -0.1) is 12.4 Å². The second kappa shape index (κ2) is 8.86. The number of hydrogen-bond donors (Lipinski definition) is 4. The molecule has 27 heavy (non-hydrogen) atoms. The van der Waals surface area contributed by atoms with Gasteiger partial charge in [0.25, 0.3) is 0 Å². The third-order valence-electron chi connectivity index (χ3n) is 3.95. The fourth-order valence-electron chi connectivity index (χ4n) is 2.83. The van der Waals surface area contributed by atoms with Crippen LogP contribution in [0.5, 0.6) is 0 Å². The van der Waals surface area contributed by atoms with E-state index in [0.29, 0.717) is 16.7 Å². The number of aromatic carboxylic acids is 1. The SMILES string of the molecule is Cc1c(C(=O)O)n(C)c2ccc(C(=O)c3ccccc3)cc12.Cl.N=C(N)N. The number of hydrogen-bond acceptors (Lipinski definition) is 3. The van der Waals surface area contributed by atoms with Gasteiger partial charge in [-0.05, 0) is 30.7 Å². The van der Waals surface area contributed by atoms with E-state index in [-0.39, 0.29) is 29.8 Å². The molecular weight excluding hydrogens is 368 g/mol. The Morgan fingerprint density at radius 3 is 2.11 bits per heavy atom. The molecule has 3 rings (SSSR count). The predicted octanol–water partition coefficient (Wildman–Crippen LogP) is 2.68. The smallest absolute Gasteiger partial charge is 0.352 e. The van der Waals surface area contributed by atoms with Crippen molar-refractivity contribution in [2.45, 2.75) is 6.92 Å². The zero-order valence-corrected chi connectivity index (χ0v) is 15.7. The van der Waals surface area contributed by atoms with Crippen molar-refractivity contribution >= 4 is 41.0 Å². The maximum absolute atomic E-state index is 12.5. The summed E-state index contributed by atoms with van der Waals surface area (Å²) < 4.78 is 1.64. The molecule has 0 spiro atoms. The number of carboxylic acid groups (broad SMARTS) is 1. The van der Waals surface area contributed by atoms with Crippen LogP contribution in [0.3, 0.4) is 0 Å². The van der Waals surface area contributed by atoms with Crippen LogP contribution in [0.1, 0.15) is 32.0 Å². The Balaban J connectivity index is 0.000000666. The van der Waals surface area contributed by atoms with Crippen LogP contribution in [-0.4, -0.2) is 27.4 Å². The highest BCUT2D eigenvalue weighted by Crippen LogP contribution is 2.26. The van der Waals surface area contributed by atoms with Crippen molar-refractivity contribution < 1.29 is 14.7 Å². The summed E-state index contributed by atoms with van der Waals surface area (Å²) in [4.78, 5) is 23.9. The number of nitrogens with one attached hydrogen (secondary N) is 1. The summed E-state index contributed by atoms with van der Waals surface area (Å²) in [6.07, 6.45) is 0. The first-order valence-corrected chi connectivity index (χ1v) is 7.75. The van der Waals surface area contributed by atoms with Gasteiger partial charge in [0.1, 0.15) is 5.69 Å². The van der Waals surface area contributed by atoms with Crippen molar-refractivity contribution in [3.63, 3.8) is 0 Å². The van der Waals surface area contributed by atoms with Gasteiger partial charge in [-0.1, -0.05) is 30.3 Å². The molecule has 0 atom stereocenters. The molecule has 8 heteroatoms. The molecule has 7 nitrogen and oxygen atoms in total. The quantitative estimate of drug-likeness (QED) is 0.310. The number of aryl methyl sites for hydroxylation is 2. The average molecular weight is 389 g/mol. The van der Waals surface area contributed by atoms with Crippen molar-refractivity contribution in [3.05, 3.63) is 70.9 Å². The molecule has 0 radical (unpaired) electrons. The molecule has 0 unspecified atom stereocenters. The topological polar surface area (TPSA) is 135 Å². The summed E-state index contributed by atoms with van der Waals surface area (Å²) in [5.41, 5.74) is 11.9. The number of carbonyl (C=O) groups excluding carboxylic acids is 1. The van der Waals surface area contributed by atoms with Gasteiger partial charge in [-0.3, -0.25) is 10.2 Å². The lowest BCUT2D eigenvalue weighted by atomic mass is 10.0. The van der Waals surface area contributed by atoms with Crippen molar-refractivity contribution in [2.24, 2.45) is 18.5 Å².